The Balaban J connectivity index is 2.01. The summed E-state index contributed by atoms with van der Waals surface area (Å²) in [5.41, 5.74) is 1.07. The van der Waals surface area contributed by atoms with Crippen molar-refractivity contribution in [1.82, 2.24) is 15.2 Å². The molecule has 1 aromatic carbocycles. The van der Waals surface area contributed by atoms with Crippen LogP contribution in [-0.4, -0.2) is 44.2 Å². The van der Waals surface area contributed by atoms with E-state index in [0.29, 0.717) is 13.1 Å². The molecule has 136 valence electrons. The van der Waals surface area contributed by atoms with Crippen LogP contribution in [0.15, 0.2) is 29.4 Å². The lowest BCUT2D eigenvalue weighted by Crippen LogP contribution is -2.38. The van der Waals surface area contributed by atoms with Crippen molar-refractivity contribution < 1.29 is 9.47 Å². The Morgan fingerprint density at radius 1 is 1.32 bits per heavy atom. The van der Waals surface area contributed by atoms with Gasteiger partial charge in [0.1, 0.15) is 16.5 Å². The van der Waals surface area contributed by atoms with Crippen LogP contribution in [0.1, 0.15) is 22.4 Å². The lowest BCUT2D eigenvalue weighted by molar-refractivity contribution is 0.382. The highest BCUT2D eigenvalue weighted by molar-refractivity contribution is 7.11. The van der Waals surface area contributed by atoms with Crippen molar-refractivity contribution in [2.45, 2.75) is 26.4 Å². The van der Waals surface area contributed by atoms with Gasteiger partial charge in [0.25, 0.3) is 0 Å². The van der Waals surface area contributed by atoms with Crippen LogP contribution in [0.2, 0.25) is 0 Å². The number of guanidine groups is 1. The molecule has 1 N–H and O–H groups in total. The first kappa shape index (κ1) is 19.1. The standard InChI is InChI=1S/C18H26N4O2S/c1-6-15-10-20-17(25-15)11-21-18(19-2)22(3)12-13-7-8-14(23-4)9-16(13)24-5/h7-10H,6,11-12H2,1-5H3,(H,19,21). The number of aromatic nitrogens is 1. The van der Waals surface area contributed by atoms with Gasteiger partial charge in [-0.15, -0.1) is 11.3 Å². The second-order valence-corrected chi connectivity index (χ2v) is 6.71. The highest BCUT2D eigenvalue weighted by atomic mass is 32.1. The van der Waals surface area contributed by atoms with Crippen molar-refractivity contribution in [3.63, 3.8) is 0 Å². The number of hydrogen-bond acceptors (Lipinski definition) is 5. The first-order valence-electron chi connectivity index (χ1n) is 8.17. The summed E-state index contributed by atoms with van der Waals surface area (Å²) in [5, 5.41) is 4.42. The van der Waals surface area contributed by atoms with Gasteiger partial charge in [-0.2, -0.15) is 0 Å². The van der Waals surface area contributed by atoms with Crippen molar-refractivity contribution in [2.75, 3.05) is 28.3 Å². The molecule has 0 aliphatic rings. The van der Waals surface area contributed by atoms with Crippen LogP contribution in [0, 0.1) is 0 Å². The molecule has 0 spiro atoms. The van der Waals surface area contributed by atoms with E-state index in [1.807, 2.05) is 31.4 Å². The Morgan fingerprint density at radius 3 is 2.72 bits per heavy atom. The summed E-state index contributed by atoms with van der Waals surface area (Å²) in [6, 6.07) is 5.83. The number of aliphatic imine (C=N–C) groups is 1. The molecule has 0 fully saturated rings. The molecule has 6 nitrogen and oxygen atoms in total. The number of methoxy groups -OCH3 is 2. The van der Waals surface area contributed by atoms with E-state index in [-0.39, 0.29) is 0 Å². The molecule has 0 atom stereocenters. The zero-order valence-corrected chi connectivity index (χ0v) is 16.3. The van der Waals surface area contributed by atoms with Gasteiger partial charge >= 0.3 is 0 Å². The molecule has 0 unspecified atom stereocenters. The van der Waals surface area contributed by atoms with Crippen molar-refractivity contribution in [3.8, 4) is 11.5 Å². The SMILES string of the molecule is CCc1cnc(CNC(=NC)N(C)Cc2ccc(OC)cc2OC)s1. The number of thiazole rings is 1. The summed E-state index contributed by atoms with van der Waals surface area (Å²) >= 11 is 1.73. The van der Waals surface area contributed by atoms with Crippen LogP contribution in [0.25, 0.3) is 0 Å². The van der Waals surface area contributed by atoms with E-state index in [0.717, 1.165) is 34.5 Å². The van der Waals surface area contributed by atoms with Crippen molar-refractivity contribution >= 4 is 17.3 Å². The van der Waals surface area contributed by atoms with Crippen LogP contribution in [0.4, 0.5) is 0 Å². The molecule has 25 heavy (non-hydrogen) atoms. The van der Waals surface area contributed by atoms with Crippen LogP contribution < -0.4 is 14.8 Å². The summed E-state index contributed by atoms with van der Waals surface area (Å²) in [4.78, 5) is 12.1. The highest BCUT2D eigenvalue weighted by Gasteiger charge is 2.12. The fourth-order valence-corrected chi connectivity index (χ4v) is 3.25. The average molecular weight is 362 g/mol. The summed E-state index contributed by atoms with van der Waals surface area (Å²) in [7, 11) is 7.09. The lowest BCUT2D eigenvalue weighted by Gasteiger charge is -2.23. The smallest absolute Gasteiger partial charge is 0.194 e. The van der Waals surface area contributed by atoms with E-state index in [2.05, 4.69) is 27.1 Å². The molecule has 1 heterocycles. The molecular weight excluding hydrogens is 336 g/mol. The van der Waals surface area contributed by atoms with Crippen molar-refractivity contribution in [1.29, 1.82) is 0 Å². The van der Waals surface area contributed by atoms with E-state index in [4.69, 9.17) is 9.47 Å². The first-order valence-corrected chi connectivity index (χ1v) is 8.99. The number of nitrogens with one attached hydrogen (secondary N) is 1. The van der Waals surface area contributed by atoms with E-state index < -0.39 is 0 Å². The van der Waals surface area contributed by atoms with E-state index in [9.17, 15) is 0 Å². The summed E-state index contributed by atoms with van der Waals surface area (Å²) in [6.45, 7) is 3.48. The molecule has 7 heteroatoms. The predicted octanol–water partition coefficient (Wildman–Crippen LogP) is 2.93. The number of ether oxygens (including phenoxy) is 2. The number of nitrogens with zero attached hydrogens (tertiary/aromatic N) is 3. The summed E-state index contributed by atoms with van der Waals surface area (Å²) in [5.74, 6) is 2.39. The van der Waals surface area contributed by atoms with Gasteiger partial charge in [0.15, 0.2) is 5.96 Å². The topological polar surface area (TPSA) is 59.0 Å². The number of aryl methyl sites for hydroxylation is 1. The largest absolute Gasteiger partial charge is 0.497 e. The van der Waals surface area contributed by atoms with Gasteiger partial charge in [-0.25, -0.2) is 4.98 Å². The molecule has 0 aliphatic carbocycles. The van der Waals surface area contributed by atoms with Gasteiger partial charge in [0, 0.05) is 43.3 Å². The van der Waals surface area contributed by atoms with Gasteiger partial charge in [-0.1, -0.05) is 6.92 Å². The Kier molecular flexibility index (Phi) is 7.06. The minimum absolute atomic E-state index is 0.668. The molecule has 0 amide bonds. The van der Waals surface area contributed by atoms with E-state index in [1.165, 1.54) is 4.88 Å². The van der Waals surface area contributed by atoms with Gasteiger partial charge in [-0.05, 0) is 18.6 Å². The van der Waals surface area contributed by atoms with Crippen LogP contribution in [-0.2, 0) is 19.5 Å². The third-order valence-corrected chi connectivity index (χ3v) is 4.96. The molecule has 0 saturated carbocycles. The molecule has 2 rings (SSSR count). The first-order chi connectivity index (χ1) is 12.1. The second-order valence-electron chi connectivity index (χ2n) is 5.51. The molecule has 0 saturated heterocycles. The van der Waals surface area contributed by atoms with E-state index in [1.54, 1.807) is 32.6 Å². The normalized spacial score (nSPS) is 11.3. The van der Waals surface area contributed by atoms with Gasteiger partial charge in [0.2, 0.25) is 0 Å². The Morgan fingerprint density at radius 2 is 2.12 bits per heavy atom. The maximum Gasteiger partial charge on any atom is 0.194 e. The van der Waals surface area contributed by atoms with Gasteiger partial charge < -0.3 is 19.7 Å². The molecule has 0 radical (unpaired) electrons. The zero-order chi connectivity index (χ0) is 18.2. The Bertz CT molecular complexity index is 715. The third-order valence-electron chi connectivity index (χ3n) is 3.82. The minimum Gasteiger partial charge on any atom is -0.497 e. The summed E-state index contributed by atoms with van der Waals surface area (Å²) in [6.07, 6.45) is 2.96. The van der Waals surface area contributed by atoms with Crippen LogP contribution >= 0.6 is 11.3 Å². The highest BCUT2D eigenvalue weighted by Crippen LogP contribution is 2.25. The van der Waals surface area contributed by atoms with Gasteiger partial charge in [0.05, 0.1) is 20.8 Å². The number of benzene rings is 1. The van der Waals surface area contributed by atoms with Gasteiger partial charge in [-0.3, -0.25) is 4.99 Å². The fraction of sp³-hybridized carbons (Fsp3) is 0.444. The third kappa shape index (κ3) is 5.09. The predicted molar refractivity (Wildman–Crippen MR) is 103 cm³/mol. The van der Waals surface area contributed by atoms with Crippen LogP contribution in [0.3, 0.4) is 0 Å². The van der Waals surface area contributed by atoms with E-state index >= 15 is 0 Å². The monoisotopic (exact) mass is 362 g/mol. The fourth-order valence-electron chi connectivity index (χ4n) is 2.45. The lowest BCUT2D eigenvalue weighted by atomic mass is 10.2. The molecule has 1 aromatic heterocycles. The zero-order valence-electron chi connectivity index (χ0n) is 15.5. The number of rotatable bonds is 7. The maximum atomic E-state index is 5.47. The molecule has 2 aromatic rings. The Labute approximate surface area is 153 Å². The van der Waals surface area contributed by atoms with Crippen molar-refractivity contribution in [2.24, 2.45) is 4.99 Å². The minimum atomic E-state index is 0.668. The molecular formula is C18H26N4O2S. The second kappa shape index (κ2) is 9.27. The Hall–Kier alpha value is -2.28. The average Bonchev–Trinajstić information content (AvgIpc) is 3.10. The maximum absolute atomic E-state index is 5.47. The van der Waals surface area contributed by atoms with Crippen molar-refractivity contribution in [3.05, 3.63) is 39.8 Å². The number of hydrogen-bond donors (Lipinski definition) is 1. The molecule has 0 aliphatic heterocycles. The summed E-state index contributed by atoms with van der Waals surface area (Å²) < 4.78 is 10.7. The van der Waals surface area contributed by atoms with Crippen LogP contribution in [0.5, 0.6) is 11.5 Å². The molecule has 0 bridgehead atoms. The quantitative estimate of drug-likeness (QED) is 0.606.